The van der Waals surface area contributed by atoms with E-state index in [4.69, 9.17) is 0 Å². The molecule has 24 heavy (non-hydrogen) atoms. The molecule has 0 saturated heterocycles. The molecule has 0 bridgehead atoms. The van der Waals surface area contributed by atoms with Crippen molar-refractivity contribution in [3.8, 4) is 5.69 Å². The van der Waals surface area contributed by atoms with Crippen molar-refractivity contribution in [2.24, 2.45) is 0 Å². The van der Waals surface area contributed by atoms with E-state index in [2.05, 4.69) is 10.9 Å². The van der Waals surface area contributed by atoms with Gasteiger partial charge < -0.3 is 4.57 Å². The van der Waals surface area contributed by atoms with Gasteiger partial charge in [0, 0.05) is 29.2 Å². The first-order chi connectivity index (χ1) is 11.6. The number of nitrogens with zero attached hydrogens (tertiary/aromatic N) is 1. The van der Waals surface area contributed by atoms with E-state index in [0.717, 1.165) is 11.3 Å². The molecular weight excluding hydrogens is 302 g/mol. The Morgan fingerprint density at radius 3 is 2.08 bits per heavy atom. The average molecular weight is 319 g/mol. The minimum Gasteiger partial charge on any atom is -0.324 e. The fraction of sp³-hybridized carbons (Fsp3) is 0.0526. The molecule has 0 aliphatic rings. The summed E-state index contributed by atoms with van der Waals surface area (Å²) in [5.74, 6) is -0.707. The van der Waals surface area contributed by atoms with Crippen molar-refractivity contribution in [3.63, 3.8) is 0 Å². The quantitative estimate of drug-likeness (QED) is 0.729. The Hall–Kier alpha value is -3.34. The van der Waals surface area contributed by atoms with Crippen LogP contribution in [0.15, 0.2) is 73.1 Å². The van der Waals surface area contributed by atoms with E-state index in [0.29, 0.717) is 11.1 Å². The van der Waals surface area contributed by atoms with Gasteiger partial charge in [0.1, 0.15) is 0 Å². The maximum absolute atomic E-state index is 12.1. The number of carbonyl (C=O) groups is 2. The van der Waals surface area contributed by atoms with Crippen LogP contribution in [0.25, 0.3) is 5.69 Å². The van der Waals surface area contributed by atoms with Crippen molar-refractivity contribution in [2.45, 2.75) is 6.92 Å². The molecule has 0 saturated carbocycles. The van der Waals surface area contributed by atoms with Crippen LogP contribution in [0.4, 0.5) is 0 Å². The molecule has 2 N–H and O–H groups in total. The summed E-state index contributed by atoms with van der Waals surface area (Å²) in [4.78, 5) is 24.2. The largest absolute Gasteiger partial charge is 0.324 e. The normalized spacial score (nSPS) is 10.2. The Morgan fingerprint density at radius 1 is 0.792 bits per heavy atom. The van der Waals surface area contributed by atoms with Crippen LogP contribution in [0.5, 0.6) is 0 Å². The van der Waals surface area contributed by atoms with Crippen molar-refractivity contribution >= 4 is 11.8 Å². The van der Waals surface area contributed by atoms with Gasteiger partial charge in [-0.3, -0.25) is 20.4 Å². The van der Waals surface area contributed by atoms with Crippen LogP contribution in [-0.2, 0) is 0 Å². The molecule has 3 rings (SSSR count). The summed E-state index contributed by atoms with van der Waals surface area (Å²) in [6.07, 6.45) is 3.86. The van der Waals surface area contributed by atoms with E-state index in [1.807, 2.05) is 60.3 Å². The van der Waals surface area contributed by atoms with Gasteiger partial charge in [-0.1, -0.05) is 18.2 Å². The van der Waals surface area contributed by atoms with E-state index < -0.39 is 0 Å². The Balaban J connectivity index is 1.63. The standard InChI is InChI=1S/C19H17N3O2/c1-14-6-2-3-7-17(14)19(24)21-20-18(23)15-8-10-16(11-9-15)22-12-4-5-13-22/h2-13H,1H3,(H,20,23)(H,21,24). The predicted octanol–water partition coefficient (Wildman–Crippen LogP) is 2.86. The zero-order valence-electron chi connectivity index (χ0n) is 13.2. The molecule has 2 amide bonds. The summed E-state index contributed by atoms with van der Waals surface area (Å²) in [5, 5.41) is 0. The SMILES string of the molecule is Cc1ccccc1C(=O)NNC(=O)c1ccc(-n2cccc2)cc1. The molecule has 0 aliphatic carbocycles. The maximum Gasteiger partial charge on any atom is 0.269 e. The summed E-state index contributed by atoms with van der Waals surface area (Å²) in [7, 11) is 0. The Kier molecular flexibility index (Phi) is 4.43. The first kappa shape index (κ1) is 15.6. The van der Waals surface area contributed by atoms with Gasteiger partial charge in [-0.05, 0) is 55.0 Å². The summed E-state index contributed by atoms with van der Waals surface area (Å²) in [6.45, 7) is 1.84. The van der Waals surface area contributed by atoms with Crippen molar-refractivity contribution < 1.29 is 9.59 Å². The number of aryl methyl sites for hydroxylation is 1. The molecule has 0 atom stereocenters. The molecule has 5 heteroatoms. The van der Waals surface area contributed by atoms with E-state index >= 15 is 0 Å². The number of hydrogen-bond donors (Lipinski definition) is 2. The van der Waals surface area contributed by atoms with Crippen molar-refractivity contribution in [3.05, 3.63) is 89.7 Å². The van der Waals surface area contributed by atoms with Crippen LogP contribution in [0, 0.1) is 6.92 Å². The lowest BCUT2D eigenvalue weighted by atomic mass is 10.1. The number of hydrazine groups is 1. The van der Waals surface area contributed by atoms with Gasteiger partial charge in [0.05, 0.1) is 0 Å². The van der Waals surface area contributed by atoms with Gasteiger partial charge in [0.2, 0.25) is 0 Å². The first-order valence-corrected chi connectivity index (χ1v) is 7.55. The fourth-order valence-corrected chi connectivity index (χ4v) is 2.37. The Morgan fingerprint density at radius 2 is 1.42 bits per heavy atom. The fourth-order valence-electron chi connectivity index (χ4n) is 2.37. The van der Waals surface area contributed by atoms with Gasteiger partial charge in [0.15, 0.2) is 0 Å². The second-order valence-electron chi connectivity index (χ2n) is 5.36. The highest BCUT2D eigenvalue weighted by Crippen LogP contribution is 2.10. The van der Waals surface area contributed by atoms with Gasteiger partial charge in [-0.25, -0.2) is 0 Å². The van der Waals surface area contributed by atoms with Gasteiger partial charge in [-0.15, -0.1) is 0 Å². The smallest absolute Gasteiger partial charge is 0.269 e. The number of aromatic nitrogens is 1. The molecule has 3 aromatic rings. The van der Waals surface area contributed by atoms with E-state index in [9.17, 15) is 9.59 Å². The lowest BCUT2D eigenvalue weighted by molar-refractivity contribution is 0.0846. The lowest BCUT2D eigenvalue weighted by Crippen LogP contribution is -2.41. The molecule has 5 nitrogen and oxygen atoms in total. The molecule has 0 spiro atoms. The van der Waals surface area contributed by atoms with E-state index in [1.165, 1.54) is 0 Å². The minimum absolute atomic E-state index is 0.342. The van der Waals surface area contributed by atoms with Crippen molar-refractivity contribution in [2.75, 3.05) is 0 Å². The van der Waals surface area contributed by atoms with Gasteiger partial charge in [-0.2, -0.15) is 0 Å². The van der Waals surface area contributed by atoms with Crippen LogP contribution in [0.3, 0.4) is 0 Å². The highest BCUT2D eigenvalue weighted by Gasteiger charge is 2.10. The first-order valence-electron chi connectivity index (χ1n) is 7.55. The second-order valence-corrected chi connectivity index (χ2v) is 5.36. The number of nitrogens with one attached hydrogen (secondary N) is 2. The molecule has 1 heterocycles. The van der Waals surface area contributed by atoms with Gasteiger partial charge >= 0.3 is 0 Å². The molecular formula is C19H17N3O2. The lowest BCUT2D eigenvalue weighted by Gasteiger charge is -2.09. The van der Waals surface area contributed by atoms with Crippen molar-refractivity contribution in [1.82, 2.24) is 15.4 Å². The molecule has 0 radical (unpaired) electrons. The number of hydrogen-bond acceptors (Lipinski definition) is 2. The van der Waals surface area contributed by atoms with Crippen LogP contribution in [0.2, 0.25) is 0 Å². The topological polar surface area (TPSA) is 63.1 Å². The molecule has 2 aromatic carbocycles. The zero-order chi connectivity index (χ0) is 16.9. The third-order valence-electron chi connectivity index (χ3n) is 3.71. The highest BCUT2D eigenvalue weighted by atomic mass is 16.2. The highest BCUT2D eigenvalue weighted by molar-refractivity contribution is 5.99. The number of benzene rings is 2. The number of rotatable bonds is 3. The monoisotopic (exact) mass is 319 g/mol. The predicted molar refractivity (Wildman–Crippen MR) is 91.9 cm³/mol. The molecule has 120 valence electrons. The molecule has 0 unspecified atom stereocenters. The van der Waals surface area contributed by atoms with Crippen molar-refractivity contribution in [1.29, 1.82) is 0 Å². The molecule has 1 aromatic heterocycles. The van der Waals surface area contributed by atoms with Crippen LogP contribution < -0.4 is 10.9 Å². The third kappa shape index (κ3) is 3.35. The van der Waals surface area contributed by atoms with Crippen LogP contribution in [0.1, 0.15) is 26.3 Å². The zero-order valence-corrected chi connectivity index (χ0v) is 13.2. The summed E-state index contributed by atoms with van der Waals surface area (Å²) in [5.41, 5.74) is 7.67. The number of carbonyl (C=O) groups excluding carboxylic acids is 2. The van der Waals surface area contributed by atoms with Crippen LogP contribution in [-0.4, -0.2) is 16.4 Å². The van der Waals surface area contributed by atoms with Gasteiger partial charge in [0.25, 0.3) is 11.8 Å². The maximum atomic E-state index is 12.1. The third-order valence-corrected chi connectivity index (χ3v) is 3.71. The summed E-state index contributed by atoms with van der Waals surface area (Å²) in [6, 6.07) is 18.2. The van der Waals surface area contributed by atoms with E-state index in [-0.39, 0.29) is 11.8 Å². The second kappa shape index (κ2) is 6.83. The number of amides is 2. The molecule has 0 aliphatic heterocycles. The average Bonchev–Trinajstić information content (AvgIpc) is 3.14. The molecule has 0 fully saturated rings. The Bertz CT molecular complexity index is 853. The Labute approximate surface area is 139 Å². The summed E-state index contributed by atoms with van der Waals surface area (Å²) < 4.78 is 1.95. The van der Waals surface area contributed by atoms with E-state index in [1.54, 1.807) is 24.3 Å². The summed E-state index contributed by atoms with van der Waals surface area (Å²) >= 11 is 0. The van der Waals surface area contributed by atoms with Crippen LogP contribution >= 0.6 is 0 Å². The minimum atomic E-state index is -0.365.